The van der Waals surface area contributed by atoms with Crippen molar-refractivity contribution in [3.63, 3.8) is 0 Å². The fraction of sp³-hybridized carbons (Fsp3) is 0.789. The number of sulfonamides is 1. The van der Waals surface area contributed by atoms with Gasteiger partial charge in [-0.15, -0.1) is 11.3 Å². The first-order chi connectivity index (χ1) is 12.5. The summed E-state index contributed by atoms with van der Waals surface area (Å²) in [6.45, 7) is 8.94. The Morgan fingerprint density at radius 2 is 2.04 bits per heavy atom. The molecule has 4 saturated heterocycles. The molecule has 4 fully saturated rings. The average molecular weight is 398 g/mol. The second kappa shape index (κ2) is 7.87. The summed E-state index contributed by atoms with van der Waals surface area (Å²) in [5.74, 6) is 2.41. The van der Waals surface area contributed by atoms with Gasteiger partial charge in [0, 0.05) is 25.7 Å². The van der Waals surface area contributed by atoms with Gasteiger partial charge in [-0.05, 0) is 74.5 Å². The van der Waals surface area contributed by atoms with E-state index in [0.717, 1.165) is 37.3 Å². The lowest BCUT2D eigenvalue weighted by Crippen LogP contribution is -2.58. The SMILES string of the molecule is CC1CCN(CC2CN3CCC2CC3CNS(=O)(=O)c2cccs2)CC1. The van der Waals surface area contributed by atoms with Crippen LogP contribution >= 0.6 is 11.3 Å². The molecule has 5 nitrogen and oxygen atoms in total. The molecule has 5 heterocycles. The van der Waals surface area contributed by atoms with E-state index in [1.54, 1.807) is 12.1 Å². The minimum absolute atomic E-state index is 0.362. The molecular weight excluding hydrogens is 366 g/mol. The van der Waals surface area contributed by atoms with Crippen molar-refractivity contribution in [2.24, 2.45) is 17.8 Å². The third kappa shape index (κ3) is 4.17. The molecule has 2 bridgehead atoms. The predicted octanol–water partition coefficient (Wildman–Crippen LogP) is 2.47. The van der Waals surface area contributed by atoms with Crippen LogP contribution < -0.4 is 4.72 Å². The Morgan fingerprint density at radius 3 is 2.69 bits per heavy atom. The van der Waals surface area contributed by atoms with Gasteiger partial charge in [-0.1, -0.05) is 13.0 Å². The second-order valence-electron chi connectivity index (χ2n) is 8.46. The van der Waals surface area contributed by atoms with Gasteiger partial charge in [0.1, 0.15) is 4.21 Å². The Hall–Kier alpha value is -0.470. The van der Waals surface area contributed by atoms with E-state index >= 15 is 0 Å². The molecule has 0 saturated carbocycles. The highest BCUT2D eigenvalue weighted by atomic mass is 32.2. The molecule has 1 aromatic rings. The molecule has 1 N–H and O–H groups in total. The van der Waals surface area contributed by atoms with Crippen LogP contribution in [0.4, 0.5) is 0 Å². The number of rotatable bonds is 6. The monoisotopic (exact) mass is 397 g/mol. The van der Waals surface area contributed by atoms with Crippen molar-refractivity contribution < 1.29 is 8.42 Å². The first-order valence-electron chi connectivity index (χ1n) is 10.0. The van der Waals surface area contributed by atoms with E-state index < -0.39 is 10.0 Å². The molecule has 5 rings (SSSR count). The van der Waals surface area contributed by atoms with Crippen LogP contribution in [0, 0.1) is 17.8 Å². The maximum atomic E-state index is 12.4. The van der Waals surface area contributed by atoms with Crippen molar-refractivity contribution >= 4 is 21.4 Å². The summed E-state index contributed by atoms with van der Waals surface area (Å²) in [6, 6.07) is 3.83. The number of thiophene rings is 1. The summed E-state index contributed by atoms with van der Waals surface area (Å²) in [7, 11) is -3.34. The molecule has 4 aliphatic rings. The number of nitrogens with zero attached hydrogens (tertiary/aromatic N) is 2. The molecule has 146 valence electrons. The minimum Gasteiger partial charge on any atom is -0.303 e. The van der Waals surface area contributed by atoms with Crippen molar-refractivity contribution in [2.75, 3.05) is 39.3 Å². The molecule has 26 heavy (non-hydrogen) atoms. The van der Waals surface area contributed by atoms with Crippen molar-refractivity contribution in [2.45, 2.75) is 42.9 Å². The van der Waals surface area contributed by atoms with E-state index in [2.05, 4.69) is 21.4 Å². The zero-order chi connectivity index (χ0) is 18.1. The molecular formula is C19H31N3O2S2. The Kier molecular flexibility index (Phi) is 5.72. The van der Waals surface area contributed by atoms with Gasteiger partial charge in [0.25, 0.3) is 0 Å². The quantitative estimate of drug-likeness (QED) is 0.801. The summed E-state index contributed by atoms with van der Waals surface area (Å²) < 4.78 is 28.0. The fourth-order valence-corrected chi connectivity index (χ4v) is 7.05. The Labute approximate surface area is 161 Å². The van der Waals surface area contributed by atoms with E-state index in [-0.39, 0.29) is 0 Å². The molecule has 0 radical (unpaired) electrons. The van der Waals surface area contributed by atoms with Crippen molar-refractivity contribution in [1.29, 1.82) is 0 Å². The maximum Gasteiger partial charge on any atom is 0.250 e. The van der Waals surface area contributed by atoms with Crippen LogP contribution in [0.25, 0.3) is 0 Å². The molecule has 0 spiro atoms. The lowest BCUT2D eigenvalue weighted by molar-refractivity contribution is -0.0136. The van der Waals surface area contributed by atoms with Crippen LogP contribution in [-0.4, -0.2) is 63.5 Å². The zero-order valence-corrected chi connectivity index (χ0v) is 17.3. The van der Waals surface area contributed by atoms with Gasteiger partial charge in [0.2, 0.25) is 10.0 Å². The summed E-state index contributed by atoms with van der Waals surface area (Å²) in [4.78, 5) is 5.20. The number of fused-ring (bicyclic) bond motifs is 3. The molecule has 0 amide bonds. The van der Waals surface area contributed by atoms with Gasteiger partial charge >= 0.3 is 0 Å². The highest BCUT2D eigenvalue weighted by molar-refractivity contribution is 7.91. The molecule has 4 atom stereocenters. The van der Waals surface area contributed by atoms with Crippen LogP contribution in [0.5, 0.6) is 0 Å². The van der Waals surface area contributed by atoms with Crippen LogP contribution in [0.1, 0.15) is 32.6 Å². The van der Waals surface area contributed by atoms with E-state index in [9.17, 15) is 8.42 Å². The topological polar surface area (TPSA) is 52.6 Å². The van der Waals surface area contributed by atoms with Crippen LogP contribution in [0.15, 0.2) is 21.7 Å². The van der Waals surface area contributed by atoms with E-state index in [1.807, 2.05) is 5.38 Å². The van der Waals surface area contributed by atoms with Gasteiger partial charge in [-0.3, -0.25) is 4.90 Å². The number of hydrogen-bond acceptors (Lipinski definition) is 5. The highest BCUT2D eigenvalue weighted by Crippen LogP contribution is 2.37. The van der Waals surface area contributed by atoms with Gasteiger partial charge in [-0.2, -0.15) is 0 Å². The molecule has 7 heteroatoms. The standard InChI is InChI=1S/C19H31N3O2S2/c1-15-4-7-21(8-5-15)13-17-14-22-9-6-16(17)11-18(22)12-20-26(23,24)19-3-2-10-25-19/h2-3,10,15-18,20H,4-9,11-14H2,1H3. The first kappa shape index (κ1) is 18.9. The lowest BCUT2D eigenvalue weighted by atomic mass is 9.75. The van der Waals surface area contributed by atoms with Crippen LogP contribution in [0.3, 0.4) is 0 Å². The third-order valence-electron chi connectivity index (χ3n) is 6.65. The van der Waals surface area contributed by atoms with Crippen molar-refractivity contribution in [1.82, 2.24) is 14.5 Å². The van der Waals surface area contributed by atoms with Crippen molar-refractivity contribution in [3.05, 3.63) is 17.5 Å². The fourth-order valence-electron chi connectivity index (χ4n) is 4.94. The Morgan fingerprint density at radius 1 is 1.23 bits per heavy atom. The smallest absolute Gasteiger partial charge is 0.250 e. The number of likely N-dealkylation sites (tertiary alicyclic amines) is 1. The van der Waals surface area contributed by atoms with Crippen LogP contribution in [0.2, 0.25) is 0 Å². The highest BCUT2D eigenvalue weighted by Gasteiger charge is 2.41. The maximum absolute atomic E-state index is 12.4. The molecule has 4 aliphatic heterocycles. The van der Waals surface area contributed by atoms with E-state index in [1.165, 1.54) is 50.2 Å². The minimum atomic E-state index is -3.34. The molecule has 0 aromatic carbocycles. The van der Waals surface area contributed by atoms with E-state index in [4.69, 9.17) is 0 Å². The van der Waals surface area contributed by atoms with E-state index in [0.29, 0.717) is 16.8 Å². The number of hydrogen-bond donors (Lipinski definition) is 1. The molecule has 0 aliphatic carbocycles. The summed E-state index contributed by atoms with van der Waals surface area (Å²) in [5, 5.41) is 1.81. The average Bonchev–Trinajstić information content (AvgIpc) is 3.19. The first-order valence-corrected chi connectivity index (χ1v) is 12.4. The predicted molar refractivity (Wildman–Crippen MR) is 106 cm³/mol. The lowest BCUT2D eigenvalue weighted by Gasteiger charge is -2.51. The number of nitrogens with one attached hydrogen (secondary N) is 1. The largest absolute Gasteiger partial charge is 0.303 e. The van der Waals surface area contributed by atoms with Gasteiger partial charge < -0.3 is 4.90 Å². The normalized spacial score (nSPS) is 33.6. The zero-order valence-electron chi connectivity index (χ0n) is 15.6. The summed E-state index contributed by atoms with van der Waals surface area (Å²) >= 11 is 1.28. The van der Waals surface area contributed by atoms with Crippen molar-refractivity contribution in [3.8, 4) is 0 Å². The Balaban J connectivity index is 1.30. The molecule has 1 aromatic heterocycles. The second-order valence-corrected chi connectivity index (χ2v) is 11.4. The van der Waals surface area contributed by atoms with Crippen LogP contribution in [-0.2, 0) is 10.0 Å². The molecule has 4 unspecified atom stereocenters. The number of piperidine rings is 4. The van der Waals surface area contributed by atoms with Gasteiger partial charge in [0.05, 0.1) is 0 Å². The van der Waals surface area contributed by atoms with Gasteiger partial charge in [-0.25, -0.2) is 13.1 Å². The Bertz CT molecular complexity index is 684. The third-order valence-corrected chi connectivity index (χ3v) is 9.47. The summed E-state index contributed by atoms with van der Waals surface area (Å²) in [6.07, 6.45) is 5.10. The summed E-state index contributed by atoms with van der Waals surface area (Å²) in [5.41, 5.74) is 0. The van der Waals surface area contributed by atoms with Gasteiger partial charge in [0.15, 0.2) is 0 Å².